The highest BCUT2D eigenvalue weighted by atomic mass is 16.6. The summed E-state index contributed by atoms with van der Waals surface area (Å²) in [4.78, 5) is 35.1. The Morgan fingerprint density at radius 3 is 2.11 bits per heavy atom. The van der Waals surface area contributed by atoms with E-state index in [4.69, 9.17) is 4.74 Å². The average Bonchev–Trinajstić information content (AvgIpc) is 2.72. The zero-order valence-corrected chi connectivity index (χ0v) is 14.6. The molecule has 0 unspecified atom stereocenters. The van der Waals surface area contributed by atoms with E-state index in [0.717, 1.165) is 17.7 Å². The summed E-state index contributed by atoms with van der Waals surface area (Å²) in [6.45, 7) is 0.0239. The summed E-state index contributed by atoms with van der Waals surface area (Å²) in [5, 5.41) is 20.8. The van der Waals surface area contributed by atoms with E-state index in [1.807, 2.05) is 6.07 Å². The van der Waals surface area contributed by atoms with Crippen molar-refractivity contribution in [2.45, 2.75) is 6.61 Å². The number of carbonyl (C=O) groups is 2. The third kappa shape index (κ3) is 4.04. The zero-order valence-electron chi connectivity index (χ0n) is 14.6. The van der Waals surface area contributed by atoms with Crippen LogP contribution in [-0.4, -0.2) is 21.8 Å². The highest BCUT2D eigenvalue weighted by Gasteiger charge is 2.29. The molecule has 0 heterocycles. The first-order valence-electron chi connectivity index (χ1n) is 8.29. The molecular weight excluding hydrogens is 362 g/mol. The molecule has 3 rings (SSSR count). The first-order valence-corrected chi connectivity index (χ1v) is 8.29. The summed E-state index contributed by atoms with van der Waals surface area (Å²) >= 11 is 0. The van der Waals surface area contributed by atoms with Crippen molar-refractivity contribution < 1.29 is 24.4 Å². The molecular formula is C21H15NO6. The number of nitro benzene ring substituents is 1. The minimum absolute atomic E-state index is 0.0239. The number of nitro groups is 1. The van der Waals surface area contributed by atoms with E-state index in [1.165, 1.54) is 12.1 Å². The minimum Gasteiger partial charge on any atom is -0.488 e. The summed E-state index contributed by atoms with van der Waals surface area (Å²) in [5.74, 6) is -2.12. The van der Waals surface area contributed by atoms with Crippen LogP contribution in [-0.2, 0) is 6.61 Å². The number of carboxylic acids is 1. The van der Waals surface area contributed by atoms with Crippen LogP contribution in [0.5, 0.6) is 5.75 Å². The molecule has 7 nitrogen and oxygen atoms in total. The van der Waals surface area contributed by atoms with E-state index in [2.05, 4.69) is 0 Å². The van der Waals surface area contributed by atoms with Crippen LogP contribution in [0.3, 0.4) is 0 Å². The quantitative estimate of drug-likeness (QED) is 0.377. The van der Waals surface area contributed by atoms with Gasteiger partial charge < -0.3 is 9.84 Å². The van der Waals surface area contributed by atoms with Crippen molar-refractivity contribution in [1.29, 1.82) is 0 Å². The Morgan fingerprint density at radius 1 is 0.929 bits per heavy atom. The summed E-state index contributed by atoms with van der Waals surface area (Å²) in [6, 6.07) is 19.0. The molecule has 0 aliphatic carbocycles. The number of hydrogen-bond donors (Lipinski definition) is 1. The lowest BCUT2D eigenvalue weighted by Crippen LogP contribution is -2.11. The van der Waals surface area contributed by atoms with E-state index in [9.17, 15) is 24.8 Å². The molecule has 0 fully saturated rings. The third-order valence-corrected chi connectivity index (χ3v) is 4.03. The maximum absolute atomic E-state index is 13.0. The Kier molecular flexibility index (Phi) is 5.45. The van der Waals surface area contributed by atoms with Gasteiger partial charge in [0, 0.05) is 11.6 Å². The van der Waals surface area contributed by atoms with Crippen LogP contribution in [0, 0.1) is 10.1 Å². The number of ether oxygens (including phenoxy) is 1. The van der Waals surface area contributed by atoms with Crippen LogP contribution in [0.25, 0.3) is 0 Å². The second kappa shape index (κ2) is 8.13. The van der Waals surface area contributed by atoms with Crippen LogP contribution in [0.15, 0.2) is 72.8 Å². The molecule has 140 valence electrons. The largest absolute Gasteiger partial charge is 0.488 e. The molecule has 1 N–H and O–H groups in total. The Balaban J connectivity index is 2.12. The van der Waals surface area contributed by atoms with Gasteiger partial charge >= 0.3 is 5.97 Å². The number of carbonyl (C=O) groups excluding carboxylic acids is 1. The normalized spacial score (nSPS) is 10.3. The molecule has 0 radical (unpaired) electrons. The van der Waals surface area contributed by atoms with Crippen LogP contribution >= 0.6 is 0 Å². The average molecular weight is 377 g/mol. The molecule has 0 atom stereocenters. The lowest BCUT2D eigenvalue weighted by molar-refractivity contribution is -0.385. The van der Waals surface area contributed by atoms with Crippen molar-refractivity contribution in [3.05, 3.63) is 105 Å². The fourth-order valence-corrected chi connectivity index (χ4v) is 2.68. The lowest BCUT2D eigenvalue weighted by atomic mass is 9.98. The SMILES string of the molecule is O=C(O)c1cc(OCc2ccccc2)c(C(=O)c2ccccc2)c([N+](=O)[O-])c1. The van der Waals surface area contributed by atoms with Gasteiger partial charge in [-0.05, 0) is 11.6 Å². The minimum atomic E-state index is -1.36. The molecule has 0 saturated heterocycles. The highest BCUT2D eigenvalue weighted by molar-refractivity contribution is 6.14. The number of hydrogen-bond acceptors (Lipinski definition) is 5. The first kappa shape index (κ1) is 18.8. The predicted octanol–water partition coefficient (Wildman–Crippen LogP) is 4.10. The summed E-state index contributed by atoms with van der Waals surface area (Å²) in [6.07, 6.45) is 0. The van der Waals surface area contributed by atoms with Crippen molar-refractivity contribution in [2.24, 2.45) is 0 Å². The summed E-state index contributed by atoms with van der Waals surface area (Å²) in [7, 11) is 0. The van der Waals surface area contributed by atoms with E-state index in [-0.39, 0.29) is 29.0 Å². The van der Waals surface area contributed by atoms with E-state index in [1.54, 1.807) is 42.5 Å². The van der Waals surface area contributed by atoms with Crippen molar-refractivity contribution in [3.63, 3.8) is 0 Å². The standard InChI is InChI=1S/C21H15NO6/c23-20(15-9-5-2-6-10-15)19-17(22(26)27)11-16(21(24)25)12-18(19)28-13-14-7-3-1-4-8-14/h1-12H,13H2,(H,24,25). The second-order valence-electron chi connectivity index (χ2n) is 5.90. The van der Waals surface area contributed by atoms with Gasteiger partial charge in [0.2, 0.25) is 5.78 Å². The van der Waals surface area contributed by atoms with Gasteiger partial charge in [-0.2, -0.15) is 0 Å². The van der Waals surface area contributed by atoms with Crippen LogP contribution in [0.2, 0.25) is 0 Å². The molecule has 7 heteroatoms. The number of carboxylic acid groups (broad SMARTS) is 1. The van der Waals surface area contributed by atoms with Gasteiger partial charge in [0.15, 0.2) is 0 Å². The number of ketones is 1. The summed E-state index contributed by atoms with van der Waals surface area (Å²) < 4.78 is 5.66. The molecule has 3 aromatic carbocycles. The third-order valence-electron chi connectivity index (χ3n) is 4.03. The summed E-state index contributed by atoms with van der Waals surface area (Å²) in [5.41, 5.74) is -0.226. The molecule has 0 bridgehead atoms. The number of benzene rings is 3. The predicted molar refractivity (Wildman–Crippen MR) is 101 cm³/mol. The lowest BCUT2D eigenvalue weighted by Gasteiger charge is -2.13. The van der Waals surface area contributed by atoms with Crippen LogP contribution in [0.1, 0.15) is 31.8 Å². The van der Waals surface area contributed by atoms with Gasteiger partial charge in [0.25, 0.3) is 5.69 Å². The van der Waals surface area contributed by atoms with Crippen molar-refractivity contribution in [3.8, 4) is 5.75 Å². The molecule has 0 aromatic heterocycles. The monoisotopic (exact) mass is 377 g/mol. The maximum Gasteiger partial charge on any atom is 0.336 e. The molecule has 0 amide bonds. The number of nitrogens with zero attached hydrogens (tertiary/aromatic N) is 1. The Labute approximate surface area is 160 Å². The molecule has 0 saturated carbocycles. The fourth-order valence-electron chi connectivity index (χ4n) is 2.68. The van der Waals surface area contributed by atoms with E-state index < -0.39 is 22.4 Å². The highest BCUT2D eigenvalue weighted by Crippen LogP contribution is 2.33. The number of rotatable bonds is 7. The van der Waals surface area contributed by atoms with E-state index >= 15 is 0 Å². The van der Waals surface area contributed by atoms with Gasteiger partial charge in [-0.25, -0.2) is 4.79 Å². The topological polar surface area (TPSA) is 107 Å². The van der Waals surface area contributed by atoms with Gasteiger partial charge in [-0.15, -0.1) is 0 Å². The molecule has 28 heavy (non-hydrogen) atoms. The van der Waals surface area contributed by atoms with Gasteiger partial charge in [-0.3, -0.25) is 14.9 Å². The van der Waals surface area contributed by atoms with Crippen molar-refractivity contribution in [2.75, 3.05) is 0 Å². The molecule has 0 aliphatic heterocycles. The Bertz CT molecular complexity index is 1030. The van der Waals surface area contributed by atoms with Gasteiger partial charge in [-0.1, -0.05) is 60.7 Å². The van der Waals surface area contributed by atoms with Crippen molar-refractivity contribution in [1.82, 2.24) is 0 Å². The second-order valence-corrected chi connectivity index (χ2v) is 5.90. The van der Waals surface area contributed by atoms with Crippen LogP contribution < -0.4 is 4.74 Å². The Hall–Kier alpha value is -4.00. The van der Waals surface area contributed by atoms with Gasteiger partial charge in [0.1, 0.15) is 17.9 Å². The smallest absolute Gasteiger partial charge is 0.336 e. The maximum atomic E-state index is 13.0. The zero-order chi connectivity index (χ0) is 20.1. The first-order chi connectivity index (χ1) is 13.5. The fraction of sp³-hybridized carbons (Fsp3) is 0.0476. The molecule has 3 aromatic rings. The number of aromatic carboxylic acids is 1. The van der Waals surface area contributed by atoms with Crippen LogP contribution in [0.4, 0.5) is 5.69 Å². The van der Waals surface area contributed by atoms with Gasteiger partial charge in [0.05, 0.1) is 10.5 Å². The Morgan fingerprint density at radius 2 is 1.54 bits per heavy atom. The van der Waals surface area contributed by atoms with E-state index in [0.29, 0.717) is 0 Å². The molecule has 0 spiro atoms. The molecule has 0 aliphatic rings. The van der Waals surface area contributed by atoms with Crippen molar-refractivity contribution >= 4 is 17.4 Å².